The normalized spacial score (nSPS) is 12.9. The fraction of sp³-hybridized carbons (Fsp3) is 0.333. The van der Waals surface area contributed by atoms with Crippen molar-refractivity contribution in [3.8, 4) is 11.6 Å². The summed E-state index contributed by atoms with van der Waals surface area (Å²) in [5.41, 5.74) is 3.24. The zero-order valence-electron chi connectivity index (χ0n) is 11.8. The molecule has 0 aliphatic carbocycles. The molecule has 0 aromatic heterocycles. The quantitative estimate of drug-likeness (QED) is 0.286. The fourth-order valence-corrected chi connectivity index (χ4v) is 2.86. The highest BCUT2D eigenvalue weighted by atomic mass is 35.5. The van der Waals surface area contributed by atoms with E-state index in [1.165, 1.54) is 0 Å². The third-order valence-corrected chi connectivity index (χ3v) is 4.32. The van der Waals surface area contributed by atoms with E-state index in [4.69, 9.17) is 32.2 Å². The van der Waals surface area contributed by atoms with Gasteiger partial charge in [0.05, 0.1) is 12.4 Å². The number of alkyl halides is 1. The molecule has 1 atom stereocenters. The first-order valence-electron chi connectivity index (χ1n) is 6.46. The third-order valence-electron chi connectivity index (χ3n) is 2.32. The van der Waals surface area contributed by atoms with Crippen LogP contribution in [-0.2, 0) is 13.6 Å². The van der Waals surface area contributed by atoms with E-state index >= 15 is 0 Å². The Morgan fingerprint density at radius 2 is 2.05 bits per heavy atom. The topological polar surface area (TPSA) is 35.5 Å². The van der Waals surface area contributed by atoms with Crippen LogP contribution in [0.25, 0.3) is 0 Å². The van der Waals surface area contributed by atoms with Crippen LogP contribution >= 0.6 is 30.8 Å². The van der Waals surface area contributed by atoms with Crippen LogP contribution in [-0.4, -0.2) is 12.5 Å². The van der Waals surface area contributed by atoms with Crippen LogP contribution in [0.5, 0.6) is 0 Å². The summed E-state index contributed by atoms with van der Waals surface area (Å²) >= 11 is 11.4. The largest absolute Gasteiger partial charge is 0.456 e. The Labute approximate surface area is 135 Å². The predicted octanol–water partition coefficient (Wildman–Crippen LogP) is 5.43. The molecule has 0 heterocycles. The first kappa shape index (κ1) is 18.1. The van der Waals surface area contributed by atoms with Gasteiger partial charge in [0.2, 0.25) is 0 Å². The van der Waals surface area contributed by atoms with Crippen molar-refractivity contribution in [2.45, 2.75) is 19.8 Å². The molecule has 0 saturated carbocycles. The minimum atomic E-state index is -3.53. The Kier molecular flexibility index (Phi) is 7.93. The monoisotopic (exact) mass is 346 g/mol. The maximum Gasteiger partial charge on any atom is 0.456 e. The van der Waals surface area contributed by atoms with Crippen molar-refractivity contribution >= 4 is 30.8 Å². The van der Waals surface area contributed by atoms with Crippen molar-refractivity contribution in [2.24, 2.45) is 0 Å². The molecular weight excluding hydrogens is 330 g/mol. The Morgan fingerprint density at radius 1 is 1.38 bits per heavy atom. The predicted molar refractivity (Wildman–Crippen MR) is 87.7 cm³/mol. The van der Waals surface area contributed by atoms with Gasteiger partial charge in [0.15, 0.2) is 0 Å². The van der Waals surface area contributed by atoms with Crippen molar-refractivity contribution < 1.29 is 13.6 Å². The lowest BCUT2D eigenvalue weighted by Crippen LogP contribution is -1.94. The van der Waals surface area contributed by atoms with E-state index in [2.05, 4.69) is 18.2 Å². The standard InChI is InChI=1S/C15H17Cl2O3P/c1-3-19-21(18,20-13(2)5-4-11-16)12-10-14-6-8-15(17)9-7-14/h6-9H,2-5,11H2,1H3. The average Bonchev–Trinajstić information content (AvgIpc) is 2.45. The van der Waals surface area contributed by atoms with Gasteiger partial charge in [-0.25, -0.2) is 4.57 Å². The van der Waals surface area contributed by atoms with E-state index in [1.807, 2.05) is 0 Å². The Hall–Kier alpha value is -0.910. The third kappa shape index (κ3) is 7.07. The number of hydrogen-bond acceptors (Lipinski definition) is 3. The van der Waals surface area contributed by atoms with Crippen LogP contribution in [0.2, 0.25) is 5.02 Å². The van der Waals surface area contributed by atoms with Crippen molar-refractivity contribution in [1.29, 1.82) is 0 Å². The summed E-state index contributed by atoms with van der Waals surface area (Å²) in [4.78, 5) is 0. The molecule has 1 aromatic carbocycles. The van der Waals surface area contributed by atoms with Crippen LogP contribution in [0.3, 0.4) is 0 Å². The van der Waals surface area contributed by atoms with Crippen molar-refractivity contribution in [1.82, 2.24) is 0 Å². The molecule has 1 unspecified atom stereocenters. The molecule has 0 aliphatic rings. The molecule has 0 N–H and O–H groups in total. The van der Waals surface area contributed by atoms with E-state index in [0.29, 0.717) is 35.1 Å². The Bertz CT molecular complexity index is 573. The number of benzene rings is 1. The molecule has 1 rings (SSSR count). The second-order valence-corrected chi connectivity index (χ2v) is 6.56. The molecule has 0 radical (unpaired) electrons. The second-order valence-electron chi connectivity index (χ2n) is 4.08. The molecular formula is C15H17Cl2O3P. The van der Waals surface area contributed by atoms with Gasteiger partial charge < -0.3 is 4.52 Å². The first-order valence-corrected chi connectivity index (χ1v) is 8.91. The van der Waals surface area contributed by atoms with Crippen molar-refractivity contribution in [2.75, 3.05) is 12.5 Å². The first-order chi connectivity index (χ1) is 9.99. The van der Waals surface area contributed by atoms with Gasteiger partial charge >= 0.3 is 7.60 Å². The summed E-state index contributed by atoms with van der Waals surface area (Å²) in [7, 11) is -3.53. The fourth-order valence-electron chi connectivity index (χ4n) is 1.40. The molecule has 114 valence electrons. The lowest BCUT2D eigenvalue weighted by atomic mass is 10.2. The van der Waals surface area contributed by atoms with E-state index in [9.17, 15) is 4.57 Å². The van der Waals surface area contributed by atoms with Gasteiger partial charge in [-0.3, -0.25) is 4.52 Å². The maximum absolute atomic E-state index is 12.5. The van der Waals surface area contributed by atoms with Crippen LogP contribution in [0.1, 0.15) is 25.3 Å². The van der Waals surface area contributed by atoms with Crippen molar-refractivity contribution in [3.63, 3.8) is 0 Å². The van der Waals surface area contributed by atoms with Gasteiger partial charge in [-0.1, -0.05) is 24.1 Å². The summed E-state index contributed by atoms with van der Waals surface area (Å²) in [6.45, 7) is 5.66. The van der Waals surface area contributed by atoms with Gasteiger partial charge in [-0.05, 0) is 37.6 Å². The molecule has 0 spiro atoms. The van der Waals surface area contributed by atoms with Crippen molar-refractivity contribution in [3.05, 3.63) is 47.2 Å². The van der Waals surface area contributed by atoms with Crippen LogP contribution in [0.4, 0.5) is 0 Å². The lowest BCUT2D eigenvalue weighted by molar-refractivity contribution is 0.256. The molecule has 21 heavy (non-hydrogen) atoms. The van der Waals surface area contributed by atoms with Crippen LogP contribution in [0.15, 0.2) is 36.6 Å². The number of allylic oxidation sites excluding steroid dienone is 1. The van der Waals surface area contributed by atoms with Crippen LogP contribution < -0.4 is 0 Å². The molecule has 0 saturated heterocycles. The summed E-state index contributed by atoms with van der Waals surface area (Å²) in [6, 6.07) is 6.87. The van der Waals surface area contributed by atoms with Crippen LogP contribution in [0, 0.1) is 11.6 Å². The minimum absolute atomic E-state index is 0.232. The summed E-state index contributed by atoms with van der Waals surface area (Å²) < 4.78 is 23.0. The SMILES string of the molecule is C=C(CCCCl)OP(=O)(C#Cc1ccc(Cl)cc1)OCC. The van der Waals surface area contributed by atoms with E-state index < -0.39 is 7.60 Å². The summed E-state index contributed by atoms with van der Waals surface area (Å²) in [5, 5.41) is 0.610. The lowest BCUT2D eigenvalue weighted by Gasteiger charge is -2.14. The highest BCUT2D eigenvalue weighted by molar-refractivity contribution is 7.59. The zero-order valence-corrected chi connectivity index (χ0v) is 14.2. The summed E-state index contributed by atoms with van der Waals surface area (Å²) in [6.07, 6.45) is 1.21. The van der Waals surface area contributed by atoms with Gasteiger partial charge in [-0.15, -0.1) is 11.6 Å². The molecule has 0 amide bonds. The number of halogens is 2. The molecule has 0 aliphatic heterocycles. The highest BCUT2D eigenvalue weighted by Gasteiger charge is 2.23. The Morgan fingerprint density at radius 3 is 2.62 bits per heavy atom. The minimum Gasteiger partial charge on any atom is -0.421 e. The molecule has 6 heteroatoms. The number of hydrogen-bond donors (Lipinski definition) is 0. The molecule has 0 fully saturated rings. The smallest absolute Gasteiger partial charge is 0.421 e. The summed E-state index contributed by atoms with van der Waals surface area (Å²) in [5.74, 6) is 3.61. The van der Waals surface area contributed by atoms with Gasteiger partial charge in [-0.2, -0.15) is 0 Å². The molecule has 1 aromatic rings. The zero-order chi connectivity index (χ0) is 15.7. The second kappa shape index (κ2) is 9.18. The number of rotatable bonds is 7. The maximum atomic E-state index is 12.5. The Balaban J connectivity index is 2.83. The molecule has 0 bridgehead atoms. The van der Waals surface area contributed by atoms with Gasteiger partial charge in [0.25, 0.3) is 0 Å². The van der Waals surface area contributed by atoms with Gasteiger partial charge in [0.1, 0.15) is 0 Å². The van der Waals surface area contributed by atoms with E-state index in [1.54, 1.807) is 31.2 Å². The average molecular weight is 347 g/mol. The highest BCUT2D eigenvalue weighted by Crippen LogP contribution is 2.49. The molecule has 3 nitrogen and oxygen atoms in total. The van der Waals surface area contributed by atoms with E-state index in [-0.39, 0.29) is 6.61 Å². The van der Waals surface area contributed by atoms with Gasteiger partial charge in [0, 0.05) is 28.5 Å². The van der Waals surface area contributed by atoms with E-state index in [0.717, 1.165) is 0 Å².